The number of carbonyl (C=O) groups is 3. The van der Waals surface area contributed by atoms with Gasteiger partial charge >= 0.3 is 6.03 Å². The standard InChI is InChI=1S/C14H15BrN2O5S/c1-23(21,22)7-6-11-13(19)17(14(20)16-11)8-12(18)9-2-4-10(15)5-3-9/h2-5,11H,6-8H2,1H3,(H,16,20)/t11-/m1/s1. The number of hydrogen-bond acceptors (Lipinski definition) is 5. The smallest absolute Gasteiger partial charge is 0.325 e. The molecule has 0 bridgehead atoms. The van der Waals surface area contributed by atoms with Gasteiger partial charge in [0.2, 0.25) is 0 Å². The summed E-state index contributed by atoms with van der Waals surface area (Å²) < 4.78 is 23.1. The highest BCUT2D eigenvalue weighted by Gasteiger charge is 2.39. The highest BCUT2D eigenvalue weighted by molar-refractivity contribution is 9.10. The first-order chi connectivity index (χ1) is 10.7. The number of urea groups is 1. The summed E-state index contributed by atoms with van der Waals surface area (Å²) in [6.45, 7) is -0.373. The second-order valence-corrected chi connectivity index (χ2v) is 8.45. The van der Waals surface area contributed by atoms with Gasteiger partial charge in [0.05, 0.1) is 12.3 Å². The topological polar surface area (TPSA) is 101 Å². The molecule has 1 N–H and O–H groups in total. The van der Waals surface area contributed by atoms with Crippen LogP contribution in [-0.4, -0.2) is 55.6 Å². The number of Topliss-reactive ketones (excluding diaryl/α,β-unsaturated/α-hetero) is 1. The van der Waals surface area contributed by atoms with Crippen LogP contribution < -0.4 is 5.32 Å². The van der Waals surface area contributed by atoms with E-state index in [-0.39, 0.29) is 24.5 Å². The number of rotatable bonds is 6. The summed E-state index contributed by atoms with van der Waals surface area (Å²) in [6, 6.07) is 4.97. The predicted molar refractivity (Wildman–Crippen MR) is 86.8 cm³/mol. The molecule has 7 nitrogen and oxygen atoms in total. The van der Waals surface area contributed by atoms with E-state index in [0.29, 0.717) is 5.56 Å². The fourth-order valence-electron chi connectivity index (χ4n) is 2.12. The first-order valence-corrected chi connectivity index (χ1v) is 9.61. The molecule has 0 unspecified atom stereocenters. The zero-order valence-electron chi connectivity index (χ0n) is 12.3. The van der Waals surface area contributed by atoms with Gasteiger partial charge in [-0.05, 0) is 18.6 Å². The van der Waals surface area contributed by atoms with E-state index in [1.54, 1.807) is 24.3 Å². The largest absolute Gasteiger partial charge is 0.326 e. The number of amides is 3. The molecule has 1 saturated heterocycles. The Labute approximate surface area is 142 Å². The molecule has 1 fully saturated rings. The number of nitrogens with zero attached hydrogens (tertiary/aromatic N) is 1. The zero-order valence-corrected chi connectivity index (χ0v) is 14.7. The number of sulfone groups is 1. The number of imide groups is 1. The van der Waals surface area contributed by atoms with Gasteiger partial charge in [0.25, 0.3) is 5.91 Å². The van der Waals surface area contributed by atoms with Gasteiger partial charge in [-0.2, -0.15) is 0 Å². The van der Waals surface area contributed by atoms with Crippen molar-refractivity contribution in [2.45, 2.75) is 12.5 Å². The molecule has 0 aromatic heterocycles. The van der Waals surface area contributed by atoms with E-state index in [2.05, 4.69) is 21.2 Å². The number of ketones is 1. The van der Waals surface area contributed by atoms with Crippen molar-refractivity contribution in [2.75, 3.05) is 18.6 Å². The minimum absolute atomic E-state index is 0.00756. The van der Waals surface area contributed by atoms with Crippen LogP contribution >= 0.6 is 15.9 Å². The van der Waals surface area contributed by atoms with Crippen LogP contribution in [-0.2, 0) is 14.6 Å². The Morgan fingerprint density at radius 1 is 1.26 bits per heavy atom. The number of benzene rings is 1. The van der Waals surface area contributed by atoms with Gasteiger partial charge in [0, 0.05) is 16.3 Å². The molecule has 9 heteroatoms. The molecule has 1 aliphatic heterocycles. The van der Waals surface area contributed by atoms with Crippen molar-refractivity contribution in [1.29, 1.82) is 0 Å². The van der Waals surface area contributed by atoms with Gasteiger partial charge < -0.3 is 5.32 Å². The molecule has 0 spiro atoms. The second-order valence-electron chi connectivity index (χ2n) is 5.28. The Morgan fingerprint density at radius 3 is 2.43 bits per heavy atom. The maximum atomic E-state index is 12.1. The molecule has 0 radical (unpaired) electrons. The van der Waals surface area contributed by atoms with Crippen LogP contribution in [0.15, 0.2) is 28.7 Å². The highest BCUT2D eigenvalue weighted by atomic mass is 79.9. The Kier molecular flexibility index (Phi) is 5.20. The van der Waals surface area contributed by atoms with Crippen molar-refractivity contribution in [3.63, 3.8) is 0 Å². The molecule has 2 rings (SSSR count). The lowest BCUT2D eigenvalue weighted by atomic mass is 10.1. The number of hydrogen-bond donors (Lipinski definition) is 1. The fourth-order valence-corrected chi connectivity index (χ4v) is 3.05. The molecular formula is C14H15BrN2O5S. The van der Waals surface area contributed by atoms with Crippen LogP contribution in [0.4, 0.5) is 4.79 Å². The Morgan fingerprint density at radius 2 is 1.87 bits per heavy atom. The van der Waals surface area contributed by atoms with E-state index < -0.39 is 27.8 Å². The third-order valence-corrected chi connectivity index (χ3v) is 4.86. The number of halogens is 1. The SMILES string of the molecule is CS(=O)(=O)CC[C@H]1NC(=O)N(CC(=O)c2ccc(Br)cc2)C1=O. The van der Waals surface area contributed by atoms with Crippen LogP contribution in [0.5, 0.6) is 0 Å². The minimum Gasteiger partial charge on any atom is -0.326 e. The van der Waals surface area contributed by atoms with E-state index in [4.69, 9.17) is 0 Å². The van der Waals surface area contributed by atoms with Gasteiger partial charge in [0.15, 0.2) is 5.78 Å². The summed E-state index contributed by atoms with van der Waals surface area (Å²) in [6.07, 6.45) is 1.05. The molecule has 0 saturated carbocycles. The summed E-state index contributed by atoms with van der Waals surface area (Å²) in [5, 5.41) is 2.41. The van der Waals surface area contributed by atoms with Gasteiger partial charge in [-0.1, -0.05) is 28.1 Å². The zero-order chi connectivity index (χ0) is 17.2. The quantitative estimate of drug-likeness (QED) is 0.564. The van der Waals surface area contributed by atoms with Crippen LogP contribution in [0.1, 0.15) is 16.8 Å². The van der Waals surface area contributed by atoms with E-state index in [9.17, 15) is 22.8 Å². The van der Waals surface area contributed by atoms with Crippen molar-refractivity contribution in [3.05, 3.63) is 34.3 Å². The minimum atomic E-state index is -3.23. The van der Waals surface area contributed by atoms with Crippen LogP contribution in [0, 0.1) is 0 Å². The molecule has 124 valence electrons. The first kappa shape index (κ1) is 17.6. The van der Waals surface area contributed by atoms with Crippen molar-refractivity contribution >= 4 is 43.5 Å². The molecular weight excluding hydrogens is 388 g/mol. The summed E-state index contributed by atoms with van der Waals surface area (Å²) in [5.41, 5.74) is 0.383. The molecule has 0 aliphatic carbocycles. The second kappa shape index (κ2) is 6.79. The van der Waals surface area contributed by atoms with E-state index in [1.165, 1.54) is 0 Å². The average molecular weight is 403 g/mol. The third-order valence-electron chi connectivity index (χ3n) is 3.35. The van der Waals surface area contributed by atoms with Crippen LogP contribution in [0.3, 0.4) is 0 Å². The van der Waals surface area contributed by atoms with Gasteiger partial charge in [-0.3, -0.25) is 14.5 Å². The summed E-state index contributed by atoms with van der Waals surface area (Å²) in [5.74, 6) is -1.16. The highest BCUT2D eigenvalue weighted by Crippen LogP contribution is 2.14. The maximum absolute atomic E-state index is 12.1. The lowest BCUT2D eigenvalue weighted by Crippen LogP contribution is -2.36. The molecule has 1 aromatic rings. The van der Waals surface area contributed by atoms with Crippen molar-refractivity contribution in [1.82, 2.24) is 10.2 Å². The average Bonchev–Trinajstić information content (AvgIpc) is 2.72. The summed E-state index contributed by atoms with van der Waals surface area (Å²) in [4.78, 5) is 36.9. The maximum Gasteiger partial charge on any atom is 0.325 e. The van der Waals surface area contributed by atoms with Crippen LogP contribution in [0.2, 0.25) is 0 Å². The first-order valence-electron chi connectivity index (χ1n) is 6.76. The lowest BCUT2D eigenvalue weighted by Gasteiger charge is -2.12. The van der Waals surface area contributed by atoms with Crippen molar-refractivity contribution in [2.24, 2.45) is 0 Å². The number of carbonyl (C=O) groups excluding carboxylic acids is 3. The van der Waals surface area contributed by atoms with Crippen molar-refractivity contribution in [3.8, 4) is 0 Å². The molecule has 1 heterocycles. The predicted octanol–water partition coefficient (Wildman–Crippen LogP) is 0.987. The van der Waals surface area contributed by atoms with Crippen molar-refractivity contribution < 1.29 is 22.8 Å². The summed E-state index contributed by atoms with van der Waals surface area (Å²) in [7, 11) is -3.23. The number of nitrogens with one attached hydrogen (secondary N) is 1. The van der Waals surface area contributed by atoms with E-state index in [1.807, 2.05) is 0 Å². The van der Waals surface area contributed by atoms with E-state index in [0.717, 1.165) is 15.6 Å². The Hall–Kier alpha value is -1.74. The Bertz CT molecular complexity index is 745. The normalized spacial score (nSPS) is 18.2. The summed E-state index contributed by atoms with van der Waals surface area (Å²) >= 11 is 3.25. The molecule has 3 amide bonds. The van der Waals surface area contributed by atoms with Gasteiger partial charge in [-0.25, -0.2) is 13.2 Å². The fraction of sp³-hybridized carbons (Fsp3) is 0.357. The third kappa shape index (κ3) is 4.61. The molecule has 1 aliphatic rings. The molecule has 1 aromatic carbocycles. The van der Waals surface area contributed by atoms with Gasteiger partial charge in [0.1, 0.15) is 15.9 Å². The van der Waals surface area contributed by atoms with Crippen LogP contribution in [0.25, 0.3) is 0 Å². The molecule has 23 heavy (non-hydrogen) atoms. The monoisotopic (exact) mass is 402 g/mol. The Balaban J connectivity index is 2.02. The molecule has 1 atom stereocenters. The van der Waals surface area contributed by atoms with Gasteiger partial charge in [-0.15, -0.1) is 0 Å². The lowest BCUT2D eigenvalue weighted by molar-refractivity contribution is -0.127. The van der Waals surface area contributed by atoms with E-state index >= 15 is 0 Å².